The van der Waals surface area contributed by atoms with Crippen LogP contribution in [-0.2, 0) is 5.75 Å². The number of oxazole rings is 1. The van der Waals surface area contributed by atoms with Gasteiger partial charge in [0.2, 0.25) is 0 Å². The average molecular weight is 308 g/mol. The van der Waals surface area contributed by atoms with Gasteiger partial charge < -0.3 is 9.52 Å². The highest BCUT2D eigenvalue weighted by Gasteiger charge is 2.09. The quantitative estimate of drug-likeness (QED) is 0.569. The number of phenols is 1. The summed E-state index contributed by atoms with van der Waals surface area (Å²) in [7, 11) is 0. The van der Waals surface area contributed by atoms with E-state index in [-0.39, 0.29) is 5.75 Å². The first-order valence-corrected chi connectivity index (χ1v) is 7.84. The molecule has 0 amide bonds. The lowest BCUT2D eigenvalue weighted by Crippen LogP contribution is -1.87. The summed E-state index contributed by atoms with van der Waals surface area (Å²) in [5, 5.41) is 11.5. The molecule has 4 rings (SSSR count). The maximum absolute atomic E-state index is 9.88. The first kappa shape index (κ1) is 13.2. The van der Waals surface area contributed by atoms with Crippen LogP contribution in [0, 0.1) is 0 Å². The van der Waals surface area contributed by atoms with E-state index in [1.807, 2.05) is 42.5 Å². The summed E-state index contributed by atoms with van der Waals surface area (Å²) < 4.78 is 5.71. The van der Waals surface area contributed by atoms with E-state index >= 15 is 0 Å². The van der Waals surface area contributed by atoms with Crippen molar-refractivity contribution in [1.29, 1.82) is 0 Å². The Bertz CT molecular complexity index is 932. The van der Waals surface area contributed by atoms with E-state index in [2.05, 4.69) is 9.97 Å². The number of pyridine rings is 1. The molecule has 0 spiro atoms. The smallest absolute Gasteiger partial charge is 0.257 e. The van der Waals surface area contributed by atoms with Crippen LogP contribution < -0.4 is 0 Å². The van der Waals surface area contributed by atoms with Crippen molar-refractivity contribution >= 4 is 33.8 Å². The molecule has 0 aliphatic rings. The topological polar surface area (TPSA) is 59.2 Å². The van der Waals surface area contributed by atoms with Crippen LogP contribution in [0.2, 0.25) is 0 Å². The van der Waals surface area contributed by atoms with Crippen molar-refractivity contribution in [3.63, 3.8) is 0 Å². The van der Waals surface area contributed by atoms with E-state index in [9.17, 15) is 5.11 Å². The van der Waals surface area contributed by atoms with Gasteiger partial charge in [-0.15, -0.1) is 0 Å². The van der Waals surface area contributed by atoms with Gasteiger partial charge in [0.25, 0.3) is 5.22 Å². The Hall–Kier alpha value is -2.53. The first-order chi connectivity index (χ1) is 10.8. The summed E-state index contributed by atoms with van der Waals surface area (Å²) in [6.07, 6.45) is 1.68. The summed E-state index contributed by atoms with van der Waals surface area (Å²) in [5.74, 6) is 0.904. The number of phenolic OH excluding ortho intramolecular Hbond substituents is 1. The maximum Gasteiger partial charge on any atom is 0.257 e. The number of nitrogens with zero attached hydrogens (tertiary/aromatic N) is 2. The fourth-order valence-corrected chi connectivity index (χ4v) is 3.24. The van der Waals surface area contributed by atoms with Crippen molar-refractivity contribution < 1.29 is 9.52 Å². The standard InChI is InChI=1S/C17H12N2O2S/c20-14-8-7-11(12-4-3-9-18-16(12)14)10-22-17-19-13-5-1-2-6-15(13)21-17/h1-9,20H,10H2. The molecule has 0 aliphatic heterocycles. The molecular weight excluding hydrogens is 296 g/mol. The second-order valence-electron chi connectivity index (χ2n) is 4.88. The molecule has 4 aromatic rings. The number of rotatable bonds is 3. The number of hydrogen-bond acceptors (Lipinski definition) is 5. The predicted octanol–water partition coefficient (Wildman–Crippen LogP) is 4.37. The SMILES string of the molecule is Oc1ccc(CSc2nc3ccccc3o2)c2cccnc12. The minimum atomic E-state index is 0.200. The Labute approximate surface area is 130 Å². The Balaban J connectivity index is 1.65. The van der Waals surface area contributed by atoms with Gasteiger partial charge >= 0.3 is 0 Å². The second-order valence-corrected chi connectivity index (χ2v) is 5.81. The lowest BCUT2D eigenvalue weighted by molar-refractivity contribution is 0.480. The molecule has 22 heavy (non-hydrogen) atoms. The summed E-state index contributed by atoms with van der Waals surface area (Å²) in [5.41, 5.74) is 3.37. The lowest BCUT2D eigenvalue weighted by atomic mass is 10.1. The molecule has 0 fully saturated rings. The van der Waals surface area contributed by atoms with Crippen molar-refractivity contribution in [3.8, 4) is 5.75 Å². The van der Waals surface area contributed by atoms with E-state index in [1.54, 1.807) is 12.3 Å². The number of aromatic hydroxyl groups is 1. The molecule has 0 aliphatic carbocycles. The zero-order valence-corrected chi connectivity index (χ0v) is 12.4. The molecule has 0 bridgehead atoms. The van der Waals surface area contributed by atoms with E-state index in [4.69, 9.17) is 4.42 Å². The molecule has 0 atom stereocenters. The van der Waals surface area contributed by atoms with Gasteiger partial charge in [0.15, 0.2) is 5.58 Å². The molecule has 108 valence electrons. The van der Waals surface area contributed by atoms with Crippen LogP contribution in [0.3, 0.4) is 0 Å². The molecule has 1 N–H and O–H groups in total. The monoisotopic (exact) mass is 308 g/mol. The zero-order valence-electron chi connectivity index (χ0n) is 11.6. The van der Waals surface area contributed by atoms with E-state index < -0.39 is 0 Å². The van der Waals surface area contributed by atoms with Crippen LogP contribution in [0.15, 0.2) is 64.4 Å². The fraction of sp³-hybridized carbons (Fsp3) is 0.0588. The Kier molecular flexibility index (Phi) is 3.20. The summed E-state index contributed by atoms with van der Waals surface area (Å²) in [6.45, 7) is 0. The average Bonchev–Trinajstić information content (AvgIpc) is 2.97. The Morgan fingerprint density at radius 2 is 1.95 bits per heavy atom. The highest BCUT2D eigenvalue weighted by atomic mass is 32.2. The van der Waals surface area contributed by atoms with E-state index in [0.717, 1.165) is 22.0 Å². The van der Waals surface area contributed by atoms with Crippen LogP contribution in [0.5, 0.6) is 5.75 Å². The van der Waals surface area contributed by atoms with Gasteiger partial charge in [-0.1, -0.05) is 36.0 Å². The van der Waals surface area contributed by atoms with Crippen LogP contribution >= 0.6 is 11.8 Å². The molecule has 0 unspecified atom stereocenters. The Morgan fingerprint density at radius 3 is 2.86 bits per heavy atom. The third kappa shape index (κ3) is 2.29. The van der Waals surface area contributed by atoms with Crippen molar-refractivity contribution in [1.82, 2.24) is 9.97 Å². The lowest BCUT2D eigenvalue weighted by Gasteiger charge is -2.05. The largest absolute Gasteiger partial charge is 0.506 e. The predicted molar refractivity (Wildman–Crippen MR) is 87.0 cm³/mol. The molecule has 2 aromatic heterocycles. The van der Waals surface area contributed by atoms with E-state index in [0.29, 0.717) is 16.5 Å². The zero-order chi connectivity index (χ0) is 14.9. The minimum absolute atomic E-state index is 0.200. The third-order valence-corrected chi connectivity index (χ3v) is 4.34. The van der Waals surface area contributed by atoms with Crippen LogP contribution in [0.4, 0.5) is 0 Å². The van der Waals surface area contributed by atoms with Crippen molar-refractivity contribution in [2.45, 2.75) is 11.0 Å². The fourth-order valence-electron chi connectivity index (χ4n) is 2.39. The summed E-state index contributed by atoms with van der Waals surface area (Å²) in [4.78, 5) is 8.69. The summed E-state index contributed by atoms with van der Waals surface area (Å²) >= 11 is 1.53. The van der Waals surface area contributed by atoms with Crippen LogP contribution in [0.25, 0.3) is 22.0 Å². The third-order valence-electron chi connectivity index (χ3n) is 3.46. The maximum atomic E-state index is 9.88. The van der Waals surface area contributed by atoms with Gasteiger partial charge in [0, 0.05) is 17.3 Å². The molecule has 0 radical (unpaired) electrons. The normalized spacial score (nSPS) is 11.3. The molecule has 2 aromatic carbocycles. The van der Waals surface area contributed by atoms with Gasteiger partial charge in [-0.2, -0.15) is 0 Å². The minimum Gasteiger partial charge on any atom is -0.506 e. The van der Waals surface area contributed by atoms with Crippen LogP contribution in [0.1, 0.15) is 5.56 Å². The number of para-hydroxylation sites is 2. The molecular formula is C17H12N2O2S. The van der Waals surface area contributed by atoms with Crippen molar-refractivity contribution in [2.24, 2.45) is 0 Å². The highest BCUT2D eigenvalue weighted by Crippen LogP contribution is 2.31. The van der Waals surface area contributed by atoms with Crippen molar-refractivity contribution in [2.75, 3.05) is 0 Å². The van der Waals surface area contributed by atoms with Crippen molar-refractivity contribution in [3.05, 3.63) is 60.3 Å². The molecule has 5 heteroatoms. The Morgan fingerprint density at radius 1 is 1.05 bits per heavy atom. The van der Waals surface area contributed by atoms with Crippen LogP contribution in [-0.4, -0.2) is 15.1 Å². The highest BCUT2D eigenvalue weighted by molar-refractivity contribution is 7.98. The van der Waals surface area contributed by atoms with Gasteiger partial charge in [0.1, 0.15) is 16.8 Å². The molecule has 0 saturated carbocycles. The first-order valence-electron chi connectivity index (χ1n) is 6.85. The summed E-state index contributed by atoms with van der Waals surface area (Å²) in [6, 6.07) is 15.1. The number of thioether (sulfide) groups is 1. The van der Waals surface area contributed by atoms with Gasteiger partial charge in [-0.25, -0.2) is 4.98 Å². The van der Waals surface area contributed by atoms with Gasteiger partial charge in [-0.05, 0) is 29.8 Å². The number of aromatic nitrogens is 2. The molecule has 4 nitrogen and oxygen atoms in total. The number of fused-ring (bicyclic) bond motifs is 2. The number of hydrogen-bond donors (Lipinski definition) is 1. The number of benzene rings is 2. The van der Waals surface area contributed by atoms with Gasteiger partial charge in [0.05, 0.1) is 0 Å². The van der Waals surface area contributed by atoms with E-state index in [1.165, 1.54) is 11.8 Å². The second kappa shape index (κ2) is 5.35. The van der Waals surface area contributed by atoms with Gasteiger partial charge in [-0.3, -0.25) is 4.98 Å². The molecule has 0 saturated heterocycles. The molecule has 2 heterocycles.